The molecule has 110 valence electrons. The predicted octanol–water partition coefficient (Wildman–Crippen LogP) is 3.02. The molecule has 3 nitrogen and oxygen atoms in total. The summed E-state index contributed by atoms with van der Waals surface area (Å²) in [4.78, 5) is 2.56. The van der Waals surface area contributed by atoms with Crippen molar-refractivity contribution in [1.82, 2.24) is 10.2 Å². The fourth-order valence-electron chi connectivity index (χ4n) is 2.97. The van der Waals surface area contributed by atoms with Crippen LogP contribution in [0.1, 0.15) is 53.9 Å². The number of piperidine rings is 1. The minimum absolute atomic E-state index is 0.387. The number of nitriles is 1. The Morgan fingerprint density at radius 1 is 1.42 bits per heavy atom. The molecule has 19 heavy (non-hydrogen) atoms. The minimum Gasteiger partial charge on any atom is -0.300 e. The highest BCUT2D eigenvalue weighted by molar-refractivity contribution is 5.05. The topological polar surface area (TPSA) is 39.1 Å². The van der Waals surface area contributed by atoms with E-state index < -0.39 is 0 Å². The van der Waals surface area contributed by atoms with Gasteiger partial charge < -0.3 is 4.90 Å². The summed E-state index contributed by atoms with van der Waals surface area (Å²) in [5, 5.41) is 12.8. The smallest absolute Gasteiger partial charge is 0.105 e. The van der Waals surface area contributed by atoms with Crippen LogP contribution in [0.3, 0.4) is 0 Å². The Labute approximate surface area is 119 Å². The van der Waals surface area contributed by atoms with Gasteiger partial charge in [0.1, 0.15) is 5.54 Å². The van der Waals surface area contributed by atoms with Gasteiger partial charge in [-0.15, -0.1) is 0 Å². The van der Waals surface area contributed by atoms with Gasteiger partial charge >= 0.3 is 0 Å². The first-order valence-electron chi connectivity index (χ1n) is 7.82. The molecule has 0 bridgehead atoms. The summed E-state index contributed by atoms with van der Waals surface area (Å²) in [7, 11) is 0. The summed E-state index contributed by atoms with van der Waals surface area (Å²) < 4.78 is 0. The van der Waals surface area contributed by atoms with Gasteiger partial charge in [-0.2, -0.15) is 5.26 Å². The Morgan fingerprint density at radius 2 is 2.11 bits per heavy atom. The van der Waals surface area contributed by atoms with Crippen molar-refractivity contribution in [2.75, 3.05) is 19.6 Å². The van der Waals surface area contributed by atoms with Crippen LogP contribution in [0.4, 0.5) is 0 Å². The number of nitrogens with one attached hydrogen (secondary N) is 1. The zero-order valence-electron chi connectivity index (χ0n) is 13.4. The molecule has 1 heterocycles. The number of hydrogen-bond donors (Lipinski definition) is 1. The van der Waals surface area contributed by atoms with Crippen LogP contribution < -0.4 is 5.32 Å². The Balaban J connectivity index is 2.53. The fraction of sp³-hybridized carbons (Fsp3) is 0.938. The Hall–Kier alpha value is -0.590. The van der Waals surface area contributed by atoms with Gasteiger partial charge in [-0.1, -0.05) is 20.8 Å². The molecule has 1 aliphatic rings. The van der Waals surface area contributed by atoms with E-state index in [0.717, 1.165) is 31.2 Å². The van der Waals surface area contributed by atoms with Crippen LogP contribution in [0.25, 0.3) is 0 Å². The van der Waals surface area contributed by atoms with Crippen molar-refractivity contribution in [1.29, 1.82) is 5.26 Å². The molecule has 0 aromatic heterocycles. The monoisotopic (exact) mass is 265 g/mol. The van der Waals surface area contributed by atoms with Crippen LogP contribution in [-0.4, -0.2) is 36.1 Å². The normalized spacial score (nSPS) is 29.5. The van der Waals surface area contributed by atoms with E-state index in [4.69, 9.17) is 0 Å². The van der Waals surface area contributed by atoms with E-state index in [9.17, 15) is 5.26 Å². The summed E-state index contributed by atoms with van der Waals surface area (Å²) in [5.74, 6) is 1.61. The summed E-state index contributed by atoms with van der Waals surface area (Å²) >= 11 is 0. The van der Waals surface area contributed by atoms with Crippen molar-refractivity contribution >= 4 is 0 Å². The predicted molar refractivity (Wildman–Crippen MR) is 80.9 cm³/mol. The van der Waals surface area contributed by atoms with Crippen LogP contribution in [0.15, 0.2) is 0 Å². The lowest BCUT2D eigenvalue weighted by atomic mass is 9.86. The van der Waals surface area contributed by atoms with Crippen LogP contribution in [-0.2, 0) is 0 Å². The highest BCUT2D eigenvalue weighted by Gasteiger charge is 2.31. The second-order valence-corrected chi connectivity index (χ2v) is 6.66. The van der Waals surface area contributed by atoms with Gasteiger partial charge in [0.25, 0.3) is 0 Å². The third-order valence-electron chi connectivity index (χ3n) is 4.70. The molecule has 1 fully saturated rings. The van der Waals surface area contributed by atoms with Crippen molar-refractivity contribution < 1.29 is 0 Å². The van der Waals surface area contributed by atoms with Gasteiger partial charge in [-0.05, 0) is 58.0 Å². The maximum absolute atomic E-state index is 9.42. The summed E-state index contributed by atoms with van der Waals surface area (Å²) in [6, 6.07) is 2.94. The lowest BCUT2D eigenvalue weighted by Gasteiger charge is -2.41. The largest absolute Gasteiger partial charge is 0.300 e. The first-order valence-corrected chi connectivity index (χ1v) is 7.82. The molecule has 0 aromatic carbocycles. The van der Waals surface area contributed by atoms with Crippen LogP contribution in [0.5, 0.6) is 0 Å². The van der Waals surface area contributed by atoms with Crippen LogP contribution in [0, 0.1) is 23.2 Å². The van der Waals surface area contributed by atoms with E-state index in [2.05, 4.69) is 44.0 Å². The number of likely N-dealkylation sites (tertiary alicyclic amines) is 1. The third-order valence-corrected chi connectivity index (χ3v) is 4.70. The molecule has 0 aliphatic carbocycles. The SMILES string of the molecule is CCCNC(C)(C#N)CC(C)N1CCC(C)C(C)C1. The average molecular weight is 265 g/mol. The lowest BCUT2D eigenvalue weighted by Crippen LogP contribution is -2.50. The van der Waals surface area contributed by atoms with Gasteiger partial charge in [-0.25, -0.2) is 0 Å². The maximum Gasteiger partial charge on any atom is 0.105 e. The van der Waals surface area contributed by atoms with Crippen molar-refractivity contribution in [3.63, 3.8) is 0 Å². The zero-order valence-corrected chi connectivity index (χ0v) is 13.4. The van der Waals surface area contributed by atoms with Crippen molar-refractivity contribution in [2.45, 2.75) is 65.5 Å². The standard InChI is InChI=1S/C16H31N3/c1-6-8-18-16(5,12-17)10-15(4)19-9-7-13(2)14(3)11-19/h13-15,18H,6-11H2,1-5H3. The van der Waals surface area contributed by atoms with E-state index in [1.165, 1.54) is 19.5 Å². The van der Waals surface area contributed by atoms with Crippen LogP contribution in [0.2, 0.25) is 0 Å². The molecule has 0 radical (unpaired) electrons. The second kappa shape index (κ2) is 7.26. The molecule has 4 unspecified atom stereocenters. The summed E-state index contributed by atoms with van der Waals surface area (Å²) in [5.41, 5.74) is -0.387. The second-order valence-electron chi connectivity index (χ2n) is 6.66. The van der Waals surface area contributed by atoms with Gasteiger partial charge in [0.15, 0.2) is 0 Å². The van der Waals surface area contributed by atoms with Crippen molar-refractivity contribution in [2.24, 2.45) is 11.8 Å². The molecule has 1 aliphatic heterocycles. The molecule has 3 heteroatoms. The number of rotatable bonds is 6. The molecule has 0 spiro atoms. The number of nitrogens with zero attached hydrogens (tertiary/aromatic N) is 2. The van der Waals surface area contributed by atoms with E-state index in [1.54, 1.807) is 0 Å². The first-order chi connectivity index (χ1) is 8.91. The Kier molecular flexibility index (Phi) is 6.29. The fourth-order valence-corrected chi connectivity index (χ4v) is 2.97. The molecule has 1 N–H and O–H groups in total. The van der Waals surface area contributed by atoms with Crippen LogP contribution >= 0.6 is 0 Å². The lowest BCUT2D eigenvalue weighted by molar-refractivity contribution is 0.0894. The molecule has 4 atom stereocenters. The molecule has 0 aromatic rings. The van der Waals surface area contributed by atoms with Gasteiger partial charge in [0, 0.05) is 12.6 Å². The molecule has 0 saturated carbocycles. The van der Waals surface area contributed by atoms with E-state index in [1.807, 2.05) is 6.92 Å². The van der Waals surface area contributed by atoms with Crippen molar-refractivity contribution in [3.05, 3.63) is 0 Å². The Morgan fingerprint density at radius 3 is 2.63 bits per heavy atom. The Bertz CT molecular complexity index is 310. The summed E-state index contributed by atoms with van der Waals surface area (Å²) in [6.45, 7) is 14.4. The molecular formula is C16H31N3. The maximum atomic E-state index is 9.42. The highest BCUT2D eigenvalue weighted by Crippen LogP contribution is 2.26. The van der Waals surface area contributed by atoms with Gasteiger partial charge in [0.2, 0.25) is 0 Å². The quantitative estimate of drug-likeness (QED) is 0.802. The summed E-state index contributed by atoms with van der Waals surface area (Å²) in [6.07, 6.45) is 3.27. The van der Waals surface area contributed by atoms with E-state index >= 15 is 0 Å². The van der Waals surface area contributed by atoms with Gasteiger partial charge in [0.05, 0.1) is 6.07 Å². The highest BCUT2D eigenvalue weighted by atomic mass is 15.2. The molecule has 1 saturated heterocycles. The number of hydrogen-bond acceptors (Lipinski definition) is 3. The van der Waals surface area contributed by atoms with E-state index in [-0.39, 0.29) is 5.54 Å². The zero-order chi connectivity index (χ0) is 14.5. The van der Waals surface area contributed by atoms with Gasteiger partial charge in [-0.3, -0.25) is 5.32 Å². The average Bonchev–Trinajstić information content (AvgIpc) is 2.39. The van der Waals surface area contributed by atoms with E-state index in [0.29, 0.717) is 6.04 Å². The minimum atomic E-state index is -0.387. The van der Waals surface area contributed by atoms with Crippen molar-refractivity contribution in [3.8, 4) is 6.07 Å². The molecule has 1 rings (SSSR count). The molecule has 0 amide bonds. The third kappa shape index (κ3) is 4.78. The first kappa shape index (κ1) is 16.5. The molecular weight excluding hydrogens is 234 g/mol.